The minimum Gasteiger partial charge on any atom is -0.490 e. The Kier molecular flexibility index (Phi) is 4.38. The van der Waals surface area contributed by atoms with Gasteiger partial charge in [0, 0.05) is 18.7 Å². The van der Waals surface area contributed by atoms with Crippen LogP contribution in [0.4, 0.5) is 8.78 Å². The molecular formula is C16H22F2N2O. The van der Waals surface area contributed by atoms with Crippen molar-refractivity contribution in [2.75, 3.05) is 13.2 Å². The van der Waals surface area contributed by atoms with Gasteiger partial charge in [-0.05, 0) is 25.0 Å². The van der Waals surface area contributed by atoms with E-state index in [4.69, 9.17) is 4.74 Å². The van der Waals surface area contributed by atoms with Crippen LogP contribution in [-0.4, -0.2) is 41.0 Å². The van der Waals surface area contributed by atoms with Gasteiger partial charge >= 0.3 is 0 Å². The monoisotopic (exact) mass is 296 g/mol. The second kappa shape index (κ2) is 6.26. The molecule has 0 aromatic carbocycles. The van der Waals surface area contributed by atoms with E-state index < -0.39 is 5.92 Å². The van der Waals surface area contributed by atoms with Crippen LogP contribution in [0.2, 0.25) is 0 Å². The molecule has 5 heteroatoms. The summed E-state index contributed by atoms with van der Waals surface area (Å²) in [6.07, 6.45) is 8.83. The Balaban J connectivity index is 1.63. The summed E-state index contributed by atoms with van der Waals surface area (Å²) in [5.74, 6) is -1.93. The van der Waals surface area contributed by atoms with E-state index in [0.29, 0.717) is 18.4 Å². The third kappa shape index (κ3) is 3.70. The van der Waals surface area contributed by atoms with Crippen LogP contribution in [-0.2, 0) is 0 Å². The maximum absolute atomic E-state index is 13.8. The van der Waals surface area contributed by atoms with Crippen molar-refractivity contribution in [1.29, 1.82) is 0 Å². The number of nitrogens with zero attached hydrogens (tertiary/aromatic N) is 2. The minimum atomic E-state index is -2.58. The Morgan fingerprint density at radius 3 is 2.81 bits per heavy atom. The second-order valence-electron chi connectivity index (χ2n) is 6.18. The van der Waals surface area contributed by atoms with Gasteiger partial charge in [0.25, 0.3) is 5.92 Å². The number of ether oxygens (including phenoxy) is 1. The van der Waals surface area contributed by atoms with Crippen LogP contribution >= 0.6 is 0 Å². The molecule has 2 aliphatic rings. The van der Waals surface area contributed by atoms with Crippen molar-refractivity contribution >= 4 is 0 Å². The zero-order valence-corrected chi connectivity index (χ0v) is 12.2. The highest BCUT2D eigenvalue weighted by atomic mass is 19.3. The van der Waals surface area contributed by atoms with Crippen LogP contribution in [0.5, 0.6) is 5.75 Å². The van der Waals surface area contributed by atoms with Crippen molar-refractivity contribution in [3.8, 4) is 5.75 Å². The first-order valence-corrected chi connectivity index (χ1v) is 7.80. The molecule has 0 bridgehead atoms. The molecule has 1 aromatic rings. The molecule has 1 atom stereocenters. The van der Waals surface area contributed by atoms with Gasteiger partial charge in [0.05, 0.1) is 18.8 Å². The van der Waals surface area contributed by atoms with Crippen LogP contribution in [0.1, 0.15) is 38.5 Å². The lowest BCUT2D eigenvalue weighted by Crippen LogP contribution is -2.43. The van der Waals surface area contributed by atoms with E-state index in [1.807, 2.05) is 11.0 Å². The molecule has 0 unspecified atom stereocenters. The van der Waals surface area contributed by atoms with E-state index in [1.54, 1.807) is 18.5 Å². The Bertz CT molecular complexity index is 449. The molecule has 2 heterocycles. The third-order valence-corrected chi connectivity index (χ3v) is 4.54. The normalized spacial score (nSPS) is 26.9. The van der Waals surface area contributed by atoms with Crippen molar-refractivity contribution in [1.82, 2.24) is 9.88 Å². The lowest BCUT2D eigenvalue weighted by molar-refractivity contribution is 0.00545. The van der Waals surface area contributed by atoms with Gasteiger partial charge < -0.3 is 4.74 Å². The largest absolute Gasteiger partial charge is 0.490 e. The van der Waals surface area contributed by atoms with Crippen LogP contribution in [0.25, 0.3) is 0 Å². The Hall–Kier alpha value is -1.23. The van der Waals surface area contributed by atoms with Gasteiger partial charge in [0.15, 0.2) is 0 Å². The summed E-state index contributed by atoms with van der Waals surface area (Å²) < 4.78 is 33.3. The number of hydrogen-bond acceptors (Lipinski definition) is 3. The number of pyridine rings is 1. The fourth-order valence-corrected chi connectivity index (χ4v) is 3.54. The number of halogens is 2. The number of likely N-dealkylation sites (tertiary alicyclic amines) is 1. The van der Waals surface area contributed by atoms with Gasteiger partial charge in [0.1, 0.15) is 12.4 Å². The molecule has 0 spiro atoms. The summed E-state index contributed by atoms with van der Waals surface area (Å²) in [4.78, 5) is 5.98. The number of hydrogen-bond donors (Lipinski definition) is 0. The van der Waals surface area contributed by atoms with E-state index in [1.165, 1.54) is 6.42 Å². The number of aromatic nitrogens is 1. The predicted molar refractivity (Wildman–Crippen MR) is 76.7 cm³/mol. The van der Waals surface area contributed by atoms with Crippen molar-refractivity contribution in [3.63, 3.8) is 0 Å². The molecule has 2 fully saturated rings. The molecule has 1 saturated heterocycles. The average Bonchev–Trinajstić information content (AvgIpc) is 2.82. The predicted octanol–water partition coefficient (Wildman–Crippen LogP) is 3.50. The minimum absolute atomic E-state index is 0.0935. The molecule has 1 aliphatic carbocycles. The topological polar surface area (TPSA) is 25.4 Å². The zero-order chi connectivity index (χ0) is 14.7. The van der Waals surface area contributed by atoms with Crippen molar-refractivity contribution < 1.29 is 13.5 Å². The van der Waals surface area contributed by atoms with Gasteiger partial charge in [-0.2, -0.15) is 0 Å². The molecule has 1 saturated carbocycles. The molecular weight excluding hydrogens is 274 g/mol. The molecule has 0 N–H and O–H groups in total. The molecule has 3 rings (SSSR count). The van der Waals surface area contributed by atoms with E-state index in [2.05, 4.69) is 4.98 Å². The summed E-state index contributed by atoms with van der Waals surface area (Å²) in [6.45, 7) is 0.205. The van der Waals surface area contributed by atoms with Gasteiger partial charge in [-0.15, -0.1) is 0 Å². The molecule has 1 aliphatic heterocycles. The summed E-state index contributed by atoms with van der Waals surface area (Å²) in [6, 6.07) is 3.71. The summed E-state index contributed by atoms with van der Waals surface area (Å²) >= 11 is 0. The highest BCUT2D eigenvalue weighted by Gasteiger charge is 2.47. The van der Waals surface area contributed by atoms with Gasteiger partial charge in [0.2, 0.25) is 0 Å². The molecule has 3 nitrogen and oxygen atoms in total. The lowest BCUT2D eigenvalue weighted by atomic mass is 9.94. The first kappa shape index (κ1) is 14.7. The molecule has 21 heavy (non-hydrogen) atoms. The zero-order valence-electron chi connectivity index (χ0n) is 12.2. The highest BCUT2D eigenvalue weighted by Crippen LogP contribution is 2.37. The first-order chi connectivity index (χ1) is 10.1. The first-order valence-electron chi connectivity index (χ1n) is 7.80. The highest BCUT2D eigenvalue weighted by molar-refractivity contribution is 5.15. The maximum Gasteiger partial charge on any atom is 0.262 e. The standard InChI is InChI=1S/C16H22F2N2O/c17-16(18)9-14(11-21-15-7-4-8-19-10-15)20(12-16)13-5-2-1-3-6-13/h4,7-8,10,13-14H,1-3,5-6,9,11-12H2/t14-/m0/s1. The average molecular weight is 296 g/mol. The summed E-state index contributed by atoms with van der Waals surface area (Å²) in [5.41, 5.74) is 0. The smallest absolute Gasteiger partial charge is 0.262 e. The van der Waals surface area contributed by atoms with Gasteiger partial charge in [-0.25, -0.2) is 8.78 Å². The number of alkyl halides is 2. The molecule has 1 aromatic heterocycles. The Labute approximate surface area is 124 Å². The lowest BCUT2D eigenvalue weighted by Gasteiger charge is -2.34. The molecule has 0 radical (unpaired) electrons. The fourth-order valence-electron chi connectivity index (χ4n) is 3.54. The van der Waals surface area contributed by atoms with Crippen molar-refractivity contribution in [3.05, 3.63) is 24.5 Å². The van der Waals surface area contributed by atoms with Crippen LogP contribution < -0.4 is 4.74 Å². The van der Waals surface area contributed by atoms with Crippen LogP contribution in [0, 0.1) is 0 Å². The van der Waals surface area contributed by atoms with E-state index in [0.717, 1.165) is 25.7 Å². The van der Waals surface area contributed by atoms with E-state index in [-0.39, 0.29) is 19.0 Å². The number of rotatable bonds is 4. The molecule has 116 valence electrons. The third-order valence-electron chi connectivity index (χ3n) is 4.54. The quantitative estimate of drug-likeness (QED) is 0.850. The van der Waals surface area contributed by atoms with Gasteiger partial charge in [-0.1, -0.05) is 19.3 Å². The molecule has 0 amide bonds. The Morgan fingerprint density at radius 1 is 1.29 bits per heavy atom. The van der Waals surface area contributed by atoms with Crippen LogP contribution in [0.15, 0.2) is 24.5 Å². The van der Waals surface area contributed by atoms with E-state index in [9.17, 15) is 8.78 Å². The summed E-state index contributed by atoms with van der Waals surface area (Å²) in [5, 5.41) is 0. The SMILES string of the molecule is FC1(F)C[C@@H](COc2cccnc2)N(C2CCCCC2)C1. The Morgan fingerprint density at radius 2 is 2.10 bits per heavy atom. The fraction of sp³-hybridized carbons (Fsp3) is 0.688. The second-order valence-corrected chi connectivity index (χ2v) is 6.18. The van der Waals surface area contributed by atoms with Crippen molar-refractivity contribution in [2.45, 2.75) is 56.5 Å². The van der Waals surface area contributed by atoms with E-state index >= 15 is 0 Å². The maximum atomic E-state index is 13.8. The van der Waals surface area contributed by atoms with Crippen molar-refractivity contribution in [2.24, 2.45) is 0 Å². The summed E-state index contributed by atoms with van der Waals surface area (Å²) in [7, 11) is 0. The van der Waals surface area contributed by atoms with Gasteiger partial charge in [-0.3, -0.25) is 9.88 Å². The van der Waals surface area contributed by atoms with Crippen LogP contribution in [0.3, 0.4) is 0 Å².